The molecule has 1 saturated heterocycles. The number of carbonyl (C=O) groups is 1. The van der Waals surface area contributed by atoms with E-state index >= 15 is 0 Å². The average molecular weight is 240 g/mol. The Morgan fingerprint density at radius 1 is 1.17 bits per heavy atom. The molecule has 2 aromatic carbocycles. The number of hydrogen-bond acceptors (Lipinski definition) is 2. The summed E-state index contributed by atoms with van der Waals surface area (Å²) in [6.45, 7) is 1.96. The summed E-state index contributed by atoms with van der Waals surface area (Å²) in [7, 11) is 0. The molecule has 0 amide bonds. The van der Waals surface area contributed by atoms with Crippen LogP contribution in [0.5, 0.6) is 0 Å². The second-order valence-electron chi connectivity index (χ2n) is 5.02. The van der Waals surface area contributed by atoms with E-state index in [0.29, 0.717) is 0 Å². The maximum Gasteiger partial charge on any atom is 0.309 e. The number of hydrogen-bond donors (Lipinski definition) is 0. The van der Waals surface area contributed by atoms with Crippen molar-refractivity contribution in [3.63, 3.8) is 0 Å². The number of fused-ring (bicyclic) bond motifs is 1. The number of esters is 1. The Balaban J connectivity index is 1.93. The van der Waals surface area contributed by atoms with Crippen LogP contribution >= 0.6 is 0 Å². The molecule has 2 heteroatoms. The van der Waals surface area contributed by atoms with Crippen LogP contribution in [0.3, 0.4) is 0 Å². The second kappa shape index (κ2) is 4.45. The summed E-state index contributed by atoms with van der Waals surface area (Å²) in [5, 5.41) is 2.47. The summed E-state index contributed by atoms with van der Waals surface area (Å²) in [5.74, 6) is -0.0266. The van der Waals surface area contributed by atoms with Crippen molar-refractivity contribution < 1.29 is 9.53 Å². The van der Waals surface area contributed by atoms with Crippen molar-refractivity contribution in [1.82, 2.24) is 0 Å². The van der Waals surface area contributed by atoms with Crippen molar-refractivity contribution in [3.05, 3.63) is 48.0 Å². The number of cyclic esters (lactones) is 1. The van der Waals surface area contributed by atoms with Gasteiger partial charge in [-0.2, -0.15) is 0 Å². The van der Waals surface area contributed by atoms with Crippen LogP contribution in [0.2, 0.25) is 0 Å². The largest absolute Gasteiger partial charge is 0.462 e. The van der Waals surface area contributed by atoms with E-state index in [1.807, 2.05) is 19.1 Å². The third-order valence-corrected chi connectivity index (χ3v) is 3.61. The molecular weight excluding hydrogens is 224 g/mol. The maximum absolute atomic E-state index is 11.7. The highest BCUT2D eigenvalue weighted by Crippen LogP contribution is 2.27. The van der Waals surface area contributed by atoms with Gasteiger partial charge in [-0.3, -0.25) is 4.79 Å². The van der Waals surface area contributed by atoms with Gasteiger partial charge in [0.25, 0.3) is 0 Å². The average Bonchev–Trinajstić information content (AvgIpc) is 2.68. The number of ether oxygens (including phenoxy) is 1. The first-order valence-electron chi connectivity index (χ1n) is 6.41. The lowest BCUT2D eigenvalue weighted by Gasteiger charge is -2.09. The Hall–Kier alpha value is -1.83. The minimum absolute atomic E-state index is 0.0193. The predicted octanol–water partition coefficient (Wildman–Crippen LogP) is 3.33. The molecule has 0 N–H and O–H groups in total. The Bertz CT molecular complexity index is 583. The molecule has 0 aromatic heterocycles. The van der Waals surface area contributed by atoms with Gasteiger partial charge in [0.05, 0.1) is 12.0 Å². The molecule has 0 unspecified atom stereocenters. The summed E-state index contributed by atoms with van der Waals surface area (Å²) < 4.78 is 5.22. The fraction of sp³-hybridized carbons (Fsp3) is 0.312. The maximum atomic E-state index is 11.7. The summed E-state index contributed by atoms with van der Waals surface area (Å²) in [4.78, 5) is 11.7. The van der Waals surface area contributed by atoms with E-state index in [9.17, 15) is 4.79 Å². The molecular formula is C16H16O2. The van der Waals surface area contributed by atoms with E-state index < -0.39 is 0 Å². The zero-order valence-electron chi connectivity index (χ0n) is 10.4. The predicted molar refractivity (Wildman–Crippen MR) is 71.3 cm³/mol. The Kier molecular flexibility index (Phi) is 2.78. The highest BCUT2D eigenvalue weighted by molar-refractivity contribution is 5.86. The fourth-order valence-electron chi connectivity index (χ4n) is 2.74. The molecule has 0 bridgehead atoms. The van der Waals surface area contributed by atoms with Crippen molar-refractivity contribution in [2.45, 2.75) is 25.9 Å². The van der Waals surface area contributed by atoms with Crippen LogP contribution in [0, 0.1) is 5.92 Å². The summed E-state index contributed by atoms with van der Waals surface area (Å²) in [6.07, 6.45) is 1.68. The van der Waals surface area contributed by atoms with Gasteiger partial charge in [0.2, 0.25) is 0 Å². The van der Waals surface area contributed by atoms with Gasteiger partial charge in [0.1, 0.15) is 0 Å². The molecule has 1 fully saturated rings. The zero-order chi connectivity index (χ0) is 12.5. The molecule has 18 heavy (non-hydrogen) atoms. The molecule has 0 aliphatic carbocycles. The van der Waals surface area contributed by atoms with Crippen LogP contribution in [0.4, 0.5) is 0 Å². The van der Waals surface area contributed by atoms with Crippen LogP contribution in [-0.4, -0.2) is 12.1 Å². The van der Waals surface area contributed by atoms with E-state index in [2.05, 4.69) is 30.3 Å². The third kappa shape index (κ3) is 1.99. The quantitative estimate of drug-likeness (QED) is 0.753. The van der Waals surface area contributed by atoms with Crippen molar-refractivity contribution in [1.29, 1.82) is 0 Å². The molecule has 3 rings (SSSR count). The van der Waals surface area contributed by atoms with E-state index in [1.165, 1.54) is 16.3 Å². The van der Waals surface area contributed by atoms with Crippen LogP contribution < -0.4 is 0 Å². The molecule has 0 saturated carbocycles. The van der Waals surface area contributed by atoms with E-state index in [1.54, 1.807) is 0 Å². The molecule has 2 atom stereocenters. The molecule has 1 heterocycles. The van der Waals surface area contributed by atoms with Crippen LogP contribution in [0.25, 0.3) is 10.8 Å². The van der Waals surface area contributed by atoms with Gasteiger partial charge in [0.15, 0.2) is 0 Å². The lowest BCUT2D eigenvalue weighted by atomic mass is 9.93. The van der Waals surface area contributed by atoms with Crippen LogP contribution in [0.1, 0.15) is 18.9 Å². The van der Waals surface area contributed by atoms with Crippen molar-refractivity contribution in [3.8, 4) is 0 Å². The fourth-order valence-corrected chi connectivity index (χ4v) is 2.74. The second-order valence-corrected chi connectivity index (χ2v) is 5.02. The smallest absolute Gasteiger partial charge is 0.309 e. The Morgan fingerprint density at radius 3 is 2.72 bits per heavy atom. The van der Waals surface area contributed by atoms with Crippen LogP contribution in [0.15, 0.2) is 42.5 Å². The van der Waals surface area contributed by atoms with E-state index in [4.69, 9.17) is 4.74 Å². The van der Waals surface area contributed by atoms with Crippen molar-refractivity contribution in [2.75, 3.05) is 0 Å². The molecule has 1 aliphatic rings. The standard InChI is InChI=1S/C16H16O2/c1-11-9-14(16(17)18-11)10-13-7-4-6-12-5-2-3-8-15(12)13/h2-8,11,14H,9-10H2,1H3/t11-,14-/m0/s1. The summed E-state index contributed by atoms with van der Waals surface area (Å²) >= 11 is 0. The van der Waals surface area contributed by atoms with Crippen LogP contribution in [-0.2, 0) is 16.0 Å². The van der Waals surface area contributed by atoms with Gasteiger partial charge in [-0.15, -0.1) is 0 Å². The normalized spacial score (nSPS) is 23.3. The highest BCUT2D eigenvalue weighted by Gasteiger charge is 2.31. The lowest BCUT2D eigenvalue weighted by Crippen LogP contribution is -2.10. The minimum atomic E-state index is -0.0459. The molecule has 2 nitrogen and oxygen atoms in total. The molecule has 2 aromatic rings. The van der Waals surface area contributed by atoms with E-state index in [0.717, 1.165) is 12.8 Å². The van der Waals surface area contributed by atoms with Gasteiger partial charge in [-0.1, -0.05) is 42.5 Å². The van der Waals surface area contributed by atoms with Gasteiger partial charge in [-0.05, 0) is 36.1 Å². The van der Waals surface area contributed by atoms with Crippen molar-refractivity contribution >= 4 is 16.7 Å². The molecule has 0 spiro atoms. The number of carbonyl (C=O) groups excluding carboxylic acids is 1. The first-order valence-corrected chi connectivity index (χ1v) is 6.41. The SMILES string of the molecule is C[C@H]1C[C@@H](Cc2cccc3ccccc23)C(=O)O1. The molecule has 92 valence electrons. The molecule has 0 radical (unpaired) electrons. The number of rotatable bonds is 2. The Labute approximate surface area is 107 Å². The minimum Gasteiger partial charge on any atom is -0.462 e. The summed E-state index contributed by atoms with van der Waals surface area (Å²) in [6, 6.07) is 14.6. The Morgan fingerprint density at radius 2 is 1.94 bits per heavy atom. The zero-order valence-corrected chi connectivity index (χ0v) is 10.4. The van der Waals surface area contributed by atoms with Gasteiger partial charge < -0.3 is 4.74 Å². The van der Waals surface area contributed by atoms with E-state index in [-0.39, 0.29) is 18.0 Å². The number of benzene rings is 2. The van der Waals surface area contributed by atoms with Gasteiger partial charge >= 0.3 is 5.97 Å². The monoisotopic (exact) mass is 240 g/mol. The van der Waals surface area contributed by atoms with Gasteiger partial charge in [0, 0.05) is 0 Å². The first-order chi connectivity index (χ1) is 8.74. The molecule has 1 aliphatic heterocycles. The van der Waals surface area contributed by atoms with Gasteiger partial charge in [-0.25, -0.2) is 0 Å². The topological polar surface area (TPSA) is 26.3 Å². The first kappa shape index (κ1) is 11.3. The third-order valence-electron chi connectivity index (χ3n) is 3.61. The van der Waals surface area contributed by atoms with Crippen molar-refractivity contribution in [2.24, 2.45) is 5.92 Å². The summed E-state index contributed by atoms with van der Waals surface area (Å²) in [5.41, 5.74) is 1.24. The lowest BCUT2D eigenvalue weighted by molar-refractivity contribution is -0.143. The highest BCUT2D eigenvalue weighted by atomic mass is 16.5.